The lowest BCUT2D eigenvalue weighted by atomic mass is 10.0. The van der Waals surface area contributed by atoms with E-state index >= 15 is 0 Å². The maximum absolute atomic E-state index is 14.5. The first-order chi connectivity index (χ1) is 43.5. The molecule has 0 aliphatic carbocycles. The fourth-order valence-electron chi connectivity index (χ4n) is 9.30. The number of likely N-dealkylation sites (tertiary alicyclic amines) is 1. The molecule has 0 spiro atoms. The number of amides is 3. The van der Waals surface area contributed by atoms with Crippen LogP contribution in [0, 0.1) is 11.6 Å². The van der Waals surface area contributed by atoms with E-state index in [-0.39, 0.29) is 134 Å². The van der Waals surface area contributed by atoms with Crippen LogP contribution in [0.2, 0.25) is 0 Å². The molecule has 2 aliphatic heterocycles. The van der Waals surface area contributed by atoms with Gasteiger partial charge in [0.2, 0.25) is 17.7 Å². The van der Waals surface area contributed by atoms with E-state index in [0.717, 1.165) is 16.5 Å². The van der Waals surface area contributed by atoms with Crippen LogP contribution < -0.4 is 16.0 Å². The Hall–Kier alpha value is -8.28. The molecule has 2 aliphatic rings. The number of fused-ring (bicyclic) bond motifs is 2. The molecule has 2 fully saturated rings. The van der Waals surface area contributed by atoms with Gasteiger partial charge in [-0.25, -0.2) is 47.5 Å². The maximum atomic E-state index is 14.5. The van der Waals surface area contributed by atoms with Gasteiger partial charge in [0.25, 0.3) is 0 Å². The number of rotatable bonds is 18. The number of aliphatic carboxylic acids is 1. The van der Waals surface area contributed by atoms with Crippen LogP contribution in [0.1, 0.15) is 73.2 Å². The summed E-state index contributed by atoms with van der Waals surface area (Å²) in [4.78, 5) is 122. The van der Waals surface area contributed by atoms with E-state index in [4.69, 9.17) is 14.6 Å². The highest BCUT2D eigenvalue weighted by molar-refractivity contribution is 9.10. The van der Waals surface area contributed by atoms with Gasteiger partial charge >= 0.3 is 17.9 Å². The number of hydrogen-bond donors (Lipinski definition) is 4. The SMILES string of the molecule is CCOC(=O)Cc1ncc(-c2ccc3c(c2)c(C(C)=O)nn3CC(=O)N2C[C@H](F)C[C@H]2C(=O)Nc2ccc(F)c(Br)n2)cn1.CCOC(=O)Cc1ncc(-c2ccc3c(c2)c(C(C)=O)nn3CC(=O)O)cn1.Cl.O=C(Nc1ccc(F)c(Br)n1)[C@@H]1C[C@@H](F)CN1.S.S=S. The lowest BCUT2D eigenvalue weighted by molar-refractivity contribution is -0.143. The van der Waals surface area contributed by atoms with E-state index in [1.165, 1.54) is 41.4 Å². The third-order valence-electron chi connectivity index (χ3n) is 13.4. The van der Waals surface area contributed by atoms with E-state index in [0.29, 0.717) is 56.8 Å². The molecular formula is C58H57Br2ClF4N14O11S3. The zero-order valence-electron chi connectivity index (χ0n) is 49.4. The number of esters is 2. The summed E-state index contributed by atoms with van der Waals surface area (Å²) >= 11 is 13.2. The minimum Gasteiger partial charge on any atom is -0.480 e. The molecule has 492 valence electrons. The summed E-state index contributed by atoms with van der Waals surface area (Å²) in [6, 6.07) is 13.6. The second-order valence-corrected chi connectivity index (χ2v) is 21.3. The molecule has 0 radical (unpaired) electrons. The molecule has 0 saturated carbocycles. The lowest BCUT2D eigenvalue weighted by Gasteiger charge is -2.23. The molecule has 2 aromatic carbocycles. The molecule has 35 heteroatoms. The van der Waals surface area contributed by atoms with Crippen LogP contribution in [0.15, 0.2) is 94.7 Å². The Kier molecular flexibility index (Phi) is 28.5. The molecule has 6 aromatic heterocycles. The number of carboxylic acids is 1. The van der Waals surface area contributed by atoms with Crippen LogP contribution in [0.3, 0.4) is 0 Å². The van der Waals surface area contributed by atoms with E-state index in [2.05, 4.69) is 110 Å². The molecule has 0 bridgehead atoms. The molecule has 2 saturated heterocycles. The van der Waals surface area contributed by atoms with Crippen LogP contribution in [-0.2, 0) is 86.5 Å². The molecule has 8 aromatic rings. The van der Waals surface area contributed by atoms with E-state index in [1.807, 2.05) is 0 Å². The number of ether oxygens (including phenoxy) is 2. The quantitative estimate of drug-likeness (QED) is 0.0276. The summed E-state index contributed by atoms with van der Waals surface area (Å²) in [5.41, 5.74) is 4.09. The third-order valence-corrected chi connectivity index (χ3v) is 14.5. The van der Waals surface area contributed by atoms with E-state index in [9.17, 15) is 55.9 Å². The van der Waals surface area contributed by atoms with Gasteiger partial charge in [-0.15, -0.1) is 12.4 Å². The first-order valence-electron chi connectivity index (χ1n) is 27.4. The molecule has 4 N–H and O–H groups in total. The number of nitrogens with one attached hydrogen (secondary N) is 3. The zero-order valence-corrected chi connectivity index (χ0v) is 56.0. The van der Waals surface area contributed by atoms with Gasteiger partial charge in [-0.05, 0) is 105 Å². The first-order valence-corrected chi connectivity index (χ1v) is 30.3. The number of benzene rings is 2. The number of pyridine rings is 2. The maximum Gasteiger partial charge on any atom is 0.325 e. The normalized spacial score (nSPS) is 15.3. The summed E-state index contributed by atoms with van der Waals surface area (Å²) in [6.45, 7) is 5.91. The zero-order chi connectivity index (χ0) is 66.2. The largest absolute Gasteiger partial charge is 0.480 e. The number of carboxylic acid groups (broad SMARTS) is 1. The fraction of sp³-hybridized carbons (Fsp3) is 0.310. The number of nitrogens with zero attached hydrogens (tertiary/aromatic N) is 11. The molecule has 10 rings (SSSR count). The van der Waals surface area contributed by atoms with E-state index < -0.39 is 65.8 Å². The van der Waals surface area contributed by atoms with Gasteiger partial charge in [-0.3, -0.25) is 47.7 Å². The third kappa shape index (κ3) is 20.1. The highest BCUT2D eigenvalue weighted by Crippen LogP contribution is 2.30. The molecule has 93 heavy (non-hydrogen) atoms. The fourth-order valence-corrected chi connectivity index (χ4v) is 9.94. The number of ketones is 2. The molecule has 25 nitrogen and oxygen atoms in total. The monoisotopic (exact) mass is 1490 g/mol. The molecule has 4 atom stereocenters. The standard InChI is InChI=1S/C29H26BrF2N7O5.C19H18N4O5.C10H10BrF2N3O.ClH.S2.H2S/c1-3-44-26(42)10-24-33-11-17(12-34-24)16-4-6-21-19(8-16)27(15(2)40)37-39(21)14-25(41)38-13-18(31)9-22(38)29(43)36-23-7-5-20(32)28(30)35-23;1-3-28-18(27)7-16-20-8-13(9-21-16)12-4-5-15-14(6-12)19(11(2)24)22-23(15)10-17(25)26;11-9-6(13)1-2-8(15-9)16-10(17)7-3-5(12)4-14-7;;1-2;/h4-8,11-12,18,22H,3,9-10,13-14H2,1-2H3,(H,35,36,43);4-6,8-9H,3,7,10H2,1-2H3,(H,25,26);1-2,5,7,14H,3-4H2,(H,15,16,17);1H;;1H2/t18-,22+;;5-,7+;;;/m1.1.../s1. The van der Waals surface area contributed by atoms with Crippen molar-refractivity contribution in [2.24, 2.45) is 0 Å². The first kappa shape index (κ1) is 75.4. The predicted molar refractivity (Wildman–Crippen MR) is 350 cm³/mol. The second-order valence-electron chi connectivity index (χ2n) is 19.8. The van der Waals surface area contributed by atoms with Gasteiger partial charge in [-0.2, -0.15) is 23.7 Å². The van der Waals surface area contributed by atoms with Gasteiger partial charge in [0.1, 0.15) is 88.2 Å². The highest BCUT2D eigenvalue weighted by Gasteiger charge is 2.40. The van der Waals surface area contributed by atoms with Crippen LogP contribution in [0.4, 0.5) is 29.2 Å². The second kappa shape index (κ2) is 35.1. The number of carbonyl (C=O) groups is 8. The van der Waals surface area contributed by atoms with Crippen LogP contribution in [0.5, 0.6) is 0 Å². The Balaban J connectivity index is 0.000000273. The van der Waals surface area contributed by atoms with Crippen molar-refractivity contribution in [3.8, 4) is 22.3 Å². The van der Waals surface area contributed by atoms with Crippen molar-refractivity contribution in [1.82, 2.24) is 59.7 Å². The van der Waals surface area contributed by atoms with Crippen molar-refractivity contribution in [2.45, 2.75) is 90.9 Å². The minimum absolute atomic E-state index is 0. The number of halogens is 7. The highest BCUT2D eigenvalue weighted by atomic mass is 79.9. The molecular weight excluding hydrogens is 1440 g/mol. The van der Waals surface area contributed by atoms with E-state index in [1.54, 1.807) is 75.0 Å². The van der Waals surface area contributed by atoms with Gasteiger partial charge in [0, 0.05) is 102 Å². The van der Waals surface area contributed by atoms with Crippen molar-refractivity contribution in [3.05, 3.63) is 129 Å². The van der Waals surface area contributed by atoms with Crippen molar-refractivity contribution in [1.29, 1.82) is 0 Å². The van der Waals surface area contributed by atoms with Crippen LogP contribution in [-0.4, -0.2) is 157 Å². The average Bonchev–Trinajstić information content (AvgIpc) is 1.66. The Morgan fingerprint density at radius 2 is 1.09 bits per heavy atom. The average molecular weight is 1490 g/mol. The number of hydrogen-bond acceptors (Lipinski definition) is 21. The number of Topliss-reactive ketones (excluding diaryl/α,β-unsaturated/α-hetero) is 2. The number of carbonyl (C=O) groups excluding carboxylic acids is 7. The van der Waals surface area contributed by atoms with Gasteiger partial charge < -0.3 is 35.4 Å². The predicted octanol–water partition coefficient (Wildman–Crippen LogP) is 7.71. The molecule has 3 amide bonds. The Labute approximate surface area is 566 Å². The summed E-state index contributed by atoms with van der Waals surface area (Å²) in [5.74, 6) is -4.29. The van der Waals surface area contributed by atoms with Gasteiger partial charge in [-0.1, -0.05) is 12.1 Å². The van der Waals surface area contributed by atoms with Gasteiger partial charge in [0.05, 0.1) is 36.8 Å². The van der Waals surface area contributed by atoms with Crippen LogP contribution in [0.25, 0.3) is 44.1 Å². The number of alkyl halides is 2. The number of aromatic nitrogens is 10. The summed E-state index contributed by atoms with van der Waals surface area (Å²) in [5, 5.41) is 26.3. The lowest BCUT2D eigenvalue weighted by Crippen LogP contribution is -2.44. The Morgan fingerprint density at radius 1 is 0.645 bits per heavy atom. The van der Waals surface area contributed by atoms with Gasteiger partial charge in [0.15, 0.2) is 23.2 Å². The Morgan fingerprint density at radius 3 is 1.48 bits per heavy atom. The van der Waals surface area contributed by atoms with Crippen molar-refractivity contribution in [2.75, 3.05) is 36.9 Å². The number of anilines is 2. The van der Waals surface area contributed by atoms with Crippen molar-refractivity contribution >= 4 is 161 Å². The summed E-state index contributed by atoms with van der Waals surface area (Å²) in [6.07, 6.45) is 3.69. The topological polar surface area (TPSA) is 328 Å². The smallest absolute Gasteiger partial charge is 0.325 e. The minimum atomic E-state index is -1.43. The van der Waals surface area contributed by atoms with Crippen molar-refractivity contribution in [3.63, 3.8) is 0 Å². The summed E-state index contributed by atoms with van der Waals surface area (Å²) in [7, 11) is 0. The Bertz CT molecular complexity index is 4060. The molecule has 0 unspecified atom stereocenters. The van der Waals surface area contributed by atoms with Crippen molar-refractivity contribution < 1.29 is 70.5 Å². The molecule has 8 heterocycles. The summed E-state index contributed by atoms with van der Waals surface area (Å²) < 4.78 is 66.1. The van der Waals surface area contributed by atoms with Crippen LogP contribution >= 0.6 is 57.8 Å².